The minimum absolute atomic E-state index is 0.114. The van der Waals surface area contributed by atoms with Gasteiger partial charge in [-0.2, -0.15) is 0 Å². The van der Waals surface area contributed by atoms with Crippen molar-refractivity contribution in [2.45, 2.75) is 258 Å². The molecule has 1 unspecified atom stereocenters. The largest absolute Gasteiger partial charge is 0.462 e. The molecule has 0 N–H and O–H groups in total. The smallest absolute Gasteiger partial charge is 0.306 e. The predicted octanol–water partition coefficient (Wildman–Crippen LogP) is 23.0. The van der Waals surface area contributed by atoms with Crippen LogP contribution in [0, 0.1) is 0 Å². The summed E-state index contributed by atoms with van der Waals surface area (Å²) in [5.41, 5.74) is 0. The highest BCUT2D eigenvalue weighted by atomic mass is 16.6. The van der Waals surface area contributed by atoms with E-state index in [-0.39, 0.29) is 37.5 Å². The van der Waals surface area contributed by atoms with Crippen LogP contribution in [0.4, 0.5) is 0 Å². The van der Waals surface area contributed by atoms with Crippen LogP contribution in [0.1, 0.15) is 252 Å². The number of esters is 3. The number of hydrogen-bond donors (Lipinski definition) is 0. The predicted molar refractivity (Wildman–Crippen MR) is 361 cm³/mol. The van der Waals surface area contributed by atoms with Gasteiger partial charge in [-0.3, -0.25) is 14.4 Å². The van der Waals surface area contributed by atoms with E-state index in [1.165, 1.54) is 0 Å². The van der Waals surface area contributed by atoms with Gasteiger partial charge in [-0.25, -0.2) is 0 Å². The zero-order valence-electron chi connectivity index (χ0n) is 52.9. The van der Waals surface area contributed by atoms with Crippen molar-refractivity contribution in [1.29, 1.82) is 0 Å². The van der Waals surface area contributed by atoms with Gasteiger partial charge in [0.2, 0.25) is 0 Å². The first-order valence-corrected chi connectivity index (χ1v) is 32.9. The lowest BCUT2D eigenvalue weighted by Gasteiger charge is -2.18. The van der Waals surface area contributed by atoms with E-state index < -0.39 is 6.10 Å². The van der Waals surface area contributed by atoms with Gasteiger partial charge >= 0.3 is 17.9 Å². The molecule has 83 heavy (non-hydrogen) atoms. The van der Waals surface area contributed by atoms with E-state index in [1.54, 1.807) is 0 Å². The lowest BCUT2D eigenvalue weighted by molar-refractivity contribution is -0.167. The number of allylic oxidation sites excluding steroid dienone is 32. The molecule has 6 nitrogen and oxygen atoms in total. The molecule has 0 aromatic rings. The molecule has 0 radical (unpaired) electrons. The summed E-state index contributed by atoms with van der Waals surface area (Å²) in [6.45, 7) is 6.24. The Morgan fingerprint density at radius 3 is 0.675 bits per heavy atom. The minimum Gasteiger partial charge on any atom is -0.462 e. The van der Waals surface area contributed by atoms with Crippen LogP contribution in [-0.4, -0.2) is 37.2 Å². The van der Waals surface area contributed by atoms with Crippen LogP contribution in [-0.2, 0) is 28.6 Å². The molecule has 0 heterocycles. The normalized spacial score (nSPS) is 13.4. The van der Waals surface area contributed by atoms with E-state index in [0.29, 0.717) is 12.8 Å². The van der Waals surface area contributed by atoms with Crippen LogP contribution in [0.3, 0.4) is 0 Å². The van der Waals surface area contributed by atoms with Crippen LogP contribution < -0.4 is 0 Å². The fourth-order valence-electron chi connectivity index (χ4n) is 8.26. The third kappa shape index (κ3) is 66.9. The van der Waals surface area contributed by atoms with Crippen LogP contribution in [0.15, 0.2) is 194 Å². The van der Waals surface area contributed by atoms with E-state index in [1.807, 2.05) is 0 Å². The van der Waals surface area contributed by atoms with E-state index in [9.17, 15) is 14.4 Å². The quantitative estimate of drug-likeness (QED) is 0.0261. The molecule has 0 aliphatic carbocycles. The van der Waals surface area contributed by atoms with Crippen molar-refractivity contribution in [3.8, 4) is 0 Å². The Morgan fingerprint density at radius 1 is 0.241 bits per heavy atom. The molecule has 6 heteroatoms. The molecule has 0 aliphatic rings. The molecular formula is C77H118O6. The summed E-state index contributed by atoms with van der Waals surface area (Å²) in [6.07, 6.45) is 104. The Bertz CT molecular complexity index is 1990. The topological polar surface area (TPSA) is 78.9 Å². The maximum absolute atomic E-state index is 12.9. The van der Waals surface area contributed by atoms with E-state index >= 15 is 0 Å². The van der Waals surface area contributed by atoms with Gasteiger partial charge in [0.05, 0.1) is 0 Å². The van der Waals surface area contributed by atoms with Gasteiger partial charge in [0.1, 0.15) is 13.2 Å². The first-order chi connectivity index (χ1) is 41.0. The maximum Gasteiger partial charge on any atom is 0.306 e. The number of unbranched alkanes of at least 4 members (excludes halogenated alkanes) is 14. The second-order valence-electron chi connectivity index (χ2n) is 20.9. The Hall–Kier alpha value is -5.75. The van der Waals surface area contributed by atoms with Crippen molar-refractivity contribution < 1.29 is 28.6 Å². The van der Waals surface area contributed by atoms with Crippen molar-refractivity contribution >= 4 is 17.9 Å². The Morgan fingerprint density at radius 2 is 0.434 bits per heavy atom. The molecule has 0 saturated carbocycles. The molecule has 0 aromatic carbocycles. The first kappa shape index (κ1) is 77.2. The molecule has 0 amide bonds. The molecule has 1 atom stereocenters. The summed E-state index contributed by atoms with van der Waals surface area (Å²) in [4.78, 5) is 38.4. The number of carbonyl (C=O) groups is 3. The lowest BCUT2D eigenvalue weighted by atomic mass is 10.1. The molecular weight excluding hydrogens is 1020 g/mol. The van der Waals surface area contributed by atoms with Gasteiger partial charge in [0, 0.05) is 19.3 Å². The van der Waals surface area contributed by atoms with Crippen molar-refractivity contribution in [3.63, 3.8) is 0 Å². The van der Waals surface area contributed by atoms with Gasteiger partial charge in [-0.1, -0.05) is 267 Å². The molecule has 0 bridgehead atoms. The maximum atomic E-state index is 12.9. The molecule has 0 saturated heterocycles. The third-order valence-electron chi connectivity index (χ3n) is 13.1. The summed E-state index contributed by atoms with van der Waals surface area (Å²) >= 11 is 0. The Labute approximate surface area is 509 Å². The Balaban J connectivity index is 4.52. The second-order valence-corrected chi connectivity index (χ2v) is 20.9. The summed E-state index contributed by atoms with van der Waals surface area (Å²) < 4.78 is 16.9. The standard InChI is InChI=1S/C77H118O6/c1-4-7-10-13-16-19-22-25-28-30-32-34-36-37-38-39-41-42-44-46-49-52-55-58-61-64-67-70-76(79)82-73-74(72-81-75(78)69-66-63-60-57-54-51-48-27-24-21-18-15-12-9-6-3)83-77(80)71-68-65-62-59-56-53-50-47-45-43-40-35-33-31-29-26-23-20-17-14-11-8-5-2/h7-12,16-21,25-29,32-35,37-38,41-43,45-46,48-50,53,74H,4-6,13-15,22-24,30-31,36,39-40,44,47,51-52,54-73H2,1-3H3/b10-7-,11-8-,12-9-,19-16-,20-17-,21-18-,28-25-,29-26-,34-32-,35-33-,38-37-,42-41-,45-43-,48-27-,49-46-,53-50-. The minimum atomic E-state index is -0.822. The zero-order valence-corrected chi connectivity index (χ0v) is 52.9. The summed E-state index contributed by atoms with van der Waals surface area (Å²) in [6, 6.07) is 0. The van der Waals surface area contributed by atoms with Crippen molar-refractivity contribution in [1.82, 2.24) is 0 Å². The highest BCUT2D eigenvalue weighted by molar-refractivity contribution is 5.71. The summed E-state index contributed by atoms with van der Waals surface area (Å²) in [5, 5.41) is 0. The van der Waals surface area contributed by atoms with Gasteiger partial charge in [-0.15, -0.1) is 0 Å². The fraction of sp³-hybridized carbons (Fsp3) is 0.545. The van der Waals surface area contributed by atoms with Gasteiger partial charge in [0.15, 0.2) is 6.10 Å². The third-order valence-corrected chi connectivity index (χ3v) is 13.1. The van der Waals surface area contributed by atoms with Gasteiger partial charge < -0.3 is 14.2 Å². The van der Waals surface area contributed by atoms with Crippen molar-refractivity contribution in [2.24, 2.45) is 0 Å². The molecule has 0 aliphatic heterocycles. The van der Waals surface area contributed by atoms with E-state index in [0.717, 1.165) is 212 Å². The average molecular weight is 1140 g/mol. The SMILES string of the molecule is CC/C=C\C/C=C\C/C=C\C/C=C\C/C=C\C/C=C\C/C=C\CCCCCCCC(=O)OCC(COC(=O)CCCCCCC/C=C\C/C=C\C/C=C\CC)OC(=O)CCCCCC/C=C\C/C=C\C/C=C\C/C=C\C/C=C\C/C=C\CC. The lowest BCUT2D eigenvalue weighted by Crippen LogP contribution is -2.30. The first-order valence-electron chi connectivity index (χ1n) is 32.9. The van der Waals surface area contributed by atoms with E-state index in [2.05, 4.69) is 215 Å². The molecule has 0 aromatic heterocycles. The van der Waals surface area contributed by atoms with E-state index in [4.69, 9.17) is 14.2 Å². The van der Waals surface area contributed by atoms with Crippen molar-refractivity contribution in [2.75, 3.05) is 13.2 Å². The molecule has 0 rings (SSSR count). The highest BCUT2D eigenvalue weighted by Gasteiger charge is 2.19. The number of carbonyl (C=O) groups excluding carboxylic acids is 3. The fourth-order valence-corrected chi connectivity index (χ4v) is 8.26. The number of ether oxygens (including phenoxy) is 3. The summed E-state index contributed by atoms with van der Waals surface area (Å²) in [5.74, 6) is -0.982. The van der Waals surface area contributed by atoms with Gasteiger partial charge in [-0.05, 0) is 161 Å². The molecule has 0 spiro atoms. The monoisotopic (exact) mass is 1140 g/mol. The van der Waals surface area contributed by atoms with Gasteiger partial charge in [0.25, 0.3) is 0 Å². The summed E-state index contributed by atoms with van der Waals surface area (Å²) in [7, 11) is 0. The zero-order chi connectivity index (χ0) is 59.9. The number of rotatable bonds is 57. The number of hydrogen-bond acceptors (Lipinski definition) is 6. The Kier molecular flexibility index (Phi) is 64.0. The second kappa shape index (κ2) is 68.7. The van der Waals surface area contributed by atoms with Crippen molar-refractivity contribution in [3.05, 3.63) is 194 Å². The average Bonchev–Trinajstić information content (AvgIpc) is 3.49. The van der Waals surface area contributed by atoms with Crippen LogP contribution in [0.2, 0.25) is 0 Å². The van der Waals surface area contributed by atoms with Crippen LogP contribution in [0.5, 0.6) is 0 Å². The molecule has 462 valence electrons. The van der Waals surface area contributed by atoms with Crippen LogP contribution in [0.25, 0.3) is 0 Å². The highest BCUT2D eigenvalue weighted by Crippen LogP contribution is 2.13. The molecule has 0 fully saturated rings. The van der Waals surface area contributed by atoms with Crippen LogP contribution >= 0.6 is 0 Å².